The van der Waals surface area contributed by atoms with Gasteiger partial charge in [-0.3, -0.25) is 4.90 Å². The van der Waals surface area contributed by atoms with Crippen LogP contribution in [0.5, 0.6) is 0 Å². The maximum atomic E-state index is 11.8. The first kappa shape index (κ1) is 18.2. The van der Waals surface area contributed by atoms with Crippen LogP contribution in [0.1, 0.15) is 59.8 Å². The molecule has 5 heteroatoms. The molecule has 0 radical (unpaired) electrons. The van der Waals surface area contributed by atoms with Crippen molar-refractivity contribution in [3.63, 3.8) is 0 Å². The molecule has 0 amide bonds. The van der Waals surface area contributed by atoms with Crippen LogP contribution in [-0.2, 0) is 9.84 Å². The van der Waals surface area contributed by atoms with Crippen molar-refractivity contribution in [1.82, 2.24) is 4.90 Å². The number of likely N-dealkylation sites (N-methyl/N-ethyl adjacent to an activating group) is 1. The molecule has 0 aromatic carbocycles. The summed E-state index contributed by atoms with van der Waals surface area (Å²) < 4.78 is 23.6. The van der Waals surface area contributed by atoms with Gasteiger partial charge in [-0.1, -0.05) is 20.8 Å². The second kappa shape index (κ2) is 5.75. The molecule has 4 nitrogen and oxygen atoms in total. The summed E-state index contributed by atoms with van der Waals surface area (Å²) >= 11 is 0. The van der Waals surface area contributed by atoms with Gasteiger partial charge in [0.25, 0.3) is 0 Å². The van der Waals surface area contributed by atoms with Gasteiger partial charge in [0.2, 0.25) is 0 Å². The number of nitrogens with zero attached hydrogens (tertiary/aromatic N) is 1. The van der Waals surface area contributed by atoms with E-state index < -0.39 is 15.4 Å². The standard InChI is InChI=1S/C17H33NO3S/c1-15(2,3)14-6-8-17(19,9-7-14)12-18(5)16(4)10-11-22(20,21)13-16/h14,19H,6-13H2,1-5H3/t14?,16-,17?/m1/s1. The third-order valence-electron chi connectivity index (χ3n) is 6.08. The fourth-order valence-corrected chi connectivity index (χ4v) is 6.31. The number of rotatable bonds is 3. The monoisotopic (exact) mass is 331 g/mol. The summed E-state index contributed by atoms with van der Waals surface area (Å²) in [6, 6.07) is 0. The minimum Gasteiger partial charge on any atom is -0.389 e. The SMILES string of the molecule is CN(CC1(O)CCC(C(C)(C)C)CC1)[C@]1(C)CCS(=O)(=O)C1. The second-order valence-corrected chi connectivity index (χ2v) is 11.2. The first-order valence-electron chi connectivity index (χ1n) is 8.49. The van der Waals surface area contributed by atoms with E-state index in [0.29, 0.717) is 24.3 Å². The summed E-state index contributed by atoms with van der Waals surface area (Å²) in [5.41, 5.74) is -0.681. The minimum absolute atomic E-state index is 0.219. The molecule has 1 atom stereocenters. The van der Waals surface area contributed by atoms with Crippen molar-refractivity contribution in [2.45, 2.75) is 70.9 Å². The molecule has 0 aromatic heterocycles. The Morgan fingerprint density at radius 2 is 1.73 bits per heavy atom. The van der Waals surface area contributed by atoms with E-state index in [1.54, 1.807) is 0 Å². The fourth-order valence-electron chi connectivity index (χ4n) is 4.11. The van der Waals surface area contributed by atoms with Gasteiger partial charge in [0, 0.05) is 12.1 Å². The predicted molar refractivity (Wildman–Crippen MR) is 90.7 cm³/mol. The van der Waals surface area contributed by atoms with Crippen LogP contribution in [0.4, 0.5) is 0 Å². The summed E-state index contributed by atoms with van der Waals surface area (Å²) in [6.45, 7) is 9.42. The molecule has 0 unspecified atom stereocenters. The molecule has 0 aromatic rings. The molecule has 1 saturated carbocycles. The Hall–Kier alpha value is -0.130. The van der Waals surface area contributed by atoms with Crippen LogP contribution in [0, 0.1) is 11.3 Å². The summed E-state index contributed by atoms with van der Waals surface area (Å²) in [7, 11) is -0.944. The van der Waals surface area contributed by atoms with Crippen molar-refractivity contribution < 1.29 is 13.5 Å². The average Bonchev–Trinajstić information content (AvgIpc) is 2.64. The highest BCUT2D eigenvalue weighted by molar-refractivity contribution is 7.91. The van der Waals surface area contributed by atoms with Gasteiger partial charge in [-0.15, -0.1) is 0 Å². The highest BCUT2D eigenvalue weighted by atomic mass is 32.2. The highest BCUT2D eigenvalue weighted by Crippen LogP contribution is 2.42. The van der Waals surface area contributed by atoms with Crippen LogP contribution in [0.25, 0.3) is 0 Å². The van der Waals surface area contributed by atoms with Crippen molar-refractivity contribution in [2.75, 3.05) is 25.1 Å². The van der Waals surface area contributed by atoms with Gasteiger partial charge >= 0.3 is 0 Å². The molecular formula is C17H33NO3S. The third kappa shape index (κ3) is 4.04. The third-order valence-corrected chi connectivity index (χ3v) is 7.96. The molecule has 1 aliphatic carbocycles. The number of aliphatic hydroxyl groups is 1. The summed E-state index contributed by atoms with van der Waals surface area (Å²) in [6.07, 6.45) is 4.43. The Morgan fingerprint density at radius 3 is 2.14 bits per heavy atom. The molecule has 130 valence electrons. The lowest BCUT2D eigenvalue weighted by Crippen LogP contribution is -2.53. The summed E-state index contributed by atoms with van der Waals surface area (Å²) in [5, 5.41) is 10.9. The number of hydrogen-bond donors (Lipinski definition) is 1. The van der Waals surface area contributed by atoms with Gasteiger partial charge in [0.1, 0.15) is 0 Å². The molecule has 2 fully saturated rings. The summed E-state index contributed by atoms with van der Waals surface area (Å²) in [4.78, 5) is 2.09. The Bertz CT molecular complexity index is 500. The molecule has 0 bridgehead atoms. The molecule has 2 aliphatic rings. The molecule has 22 heavy (non-hydrogen) atoms. The van der Waals surface area contributed by atoms with E-state index in [2.05, 4.69) is 25.7 Å². The topological polar surface area (TPSA) is 57.6 Å². The number of sulfone groups is 1. The lowest BCUT2D eigenvalue weighted by Gasteiger charge is -2.45. The Kier molecular flexibility index (Phi) is 4.76. The second-order valence-electron chi connectivity index (χ2n) is 9.06. The van der Waals surface area contributed by atoms with Crippen LogP contribution >= 0.6 is 0 Å². The van der Waals surface area contributed by atoms with Crippen molar-refractivity contribution in [2.24, 2.45) is 11.3 Å². The lowest BCUT2D eigenvalue weighted by atomic mass is 9.68. The van der Waals surface area contributed by atoms with Crippen LogP contribution in [0.3, 0.4) is 0 Å². The zero-order chi connectivity index (χ0) is 16.8. The van der Waals surface area contributed by atoms with Crippen LogP contribution in [0.15, 0.2) is 0 Å². The smallest absolute Gasteiger partial charge is 0.152 e. The van der Waals surface area contributed by atoms with E-state index >= 15 is 0 Å². The fraction of sp³-hybridized carbons (Fsp3) is 1.00. The largest absolute Gasteiger partial charge is 0.389 e. The van der Waals surface area contributed by atoms with Gasteiger partial charge in [-0.25, -0.2) is 8.42 Å². The van der Waals surface area contributed by atoms with Gasteiger partial charge in [-0.2, -0.15) is 0 Å². The number of β-amino-alcohol motifs (C(OH)–C–C–N with tert-alkyl or cyclic N) is 1. The molecular weight excluding hydrogens is 298 g/mol. The maximum Gasteiger partial charge on any atom is 0.152 e. The first-order valence-corrected chi connectivity index (χ1v) is 10.3. The van der Waals surface area contributed by atoms with E-state index in [1.807, 2.05) is 14.0 Å². The van der Waals surface area contributed by atoms with Crippen LogP contribution in [0.2, 0.25) is 0 Å². The lowest BCUT2D eigenvalue weighted by molar-refractivity contribution is -0.0589. The molecule has 0 spiro atoms. The van der Waals surface area contributed by atoms with Gasteiger partial charge in [0.15, 0.2) is 9.84 Å². The maximum absolute atomic E-state index is 11.8. The van der Waals surface area contributed by atoms with Crippen LogP contribution < -0.4 is 0 Å². The van der Waals surface area contributed by atoms with Gasteiger partial charge in [-0.05, 0) is 57.4 Å². The highest BCUT2D eigenvalue weighted by Gasteiger charge is 2.45. The first-order chi connectivity index (χ1) is 9.85. The van der Waals surface area contributed by atoms with Gasteiger partial charge < -0.3 is 5.11 Å². The van der Waals surface area contributed by atoms with Crippen LogP contribution in [-0.4, -0.2) is 54.7 Å². The normalized spacial score (nSPS) is 39.3. The van der Waals surface area contributed by atoms with Gasteiger partial charge in [0.05, 0.1) is 17.1 Å². The summed E-state index contributed by atoms with van der Waals surface area (Å²) in [5.74, 6) is 1.16. The van der Waals surface area contributed by atoms with E-state index in [1.165, 1.54) is 0 Å². The minimum atomic E-state index is -2.91. The molecule has 1 aliphatic heterocycles. The molecule has 2 rings (SSSR count). The Balaban J connectivity index is 1.96. The average molecular weight is 332 g/mol. The zero-order valence-corrected chi connectivity index (χ0v) is 15.7. The molecule has 1 saturated heterocycles. The number of hydrogen-bond acceptors (Lipinski definition) is 4. The zero-order valence-electron chi connectivity index (χ0n) is 14.9. The van der Waals surface area contributed by atoms with Crippen molar-refractivity contribution >= 4 is 9.84 Å². The van der Waals surface area contributed by atoms with E-state index in [-0.39, 0.29) is 17.0 Å². The Labute approximate surface area is 136 Å². The van der Waals surface area contributed by atoms with E-state index in [9.17, 15) is 13.5 Å². The van der Waals surface area contributed by atoms with E-state index in [0.717, 1.165) is 25.7 Å². The quantitative estimate of drug-likeness (QED) is 0.863. The molecule has 1 N–H and O–H groups in total. The molecule has 1 heterocycles. The Morgan fingerprint density at radius 1 is 1.18 bits per heavy atom. The van der Waals surface area contributed by atoms with E-state index in [4.69, 9.17) is 0 Å². The van der Waals surface area contributed by atoms with Crippen molar-refractivity contribution in [3.05, 3.63) is 0 Å². The predicted octanol–water partition coefficient (Wildman–Crippen LogP) is 2.46. The van der Waals surface area contributed by atoms with Crippen molar-refractivity contribution in [3.8, 4) is 0 Å². The van der Waals surface area contributed by atoms with Crippen molar-refractivity contribution in [1.29, 1.82) is 0 Å².